The molecule has 25 heavy (non-hydrogen) atoms. The van der Waals surface area contributed by atoms with E-state index in [1.807, 2.05) is 31.2 Å². The van der Waals surface area contributed by atoms with E-state index in [2.05, 4.69) is 10.3 Å². The second kappa shape index (κ2) is 6.41. The molecule has 128 valence electrons. The third-order valence-electron chi connectivity index (χ3n) is 4.94. The van der Waals surface area contributed by atoms with E-state index in [0.29, 0.717) is 18.1 Å². The zero-order chi connectivity index (χ0) is 17.4. The Morgan fingerprint density at radius 2 is 2.16 bits per heavy atom. The van der Waals surface area contributed by atoms with Gasteiger partial charge in [0.05, 0.1) is 5.69 Å². The minimum absolute atomic E-state index is 0.0541. The van der Waals surface area contributed by atoms with Gasteiger partial charge in [-0.25, -0.2) is 9.37 Å². The van der Waals surface area contributed by atoms with E-state index in [0.717, 1.165) is 36.3 Å². The summed E-state index contributed by atoms with van der Waals surface area (Å²) in [6.45, 7) is 3.24. The highest BCUT2D eigenvalue weighted by Gasteiger charge is 2.22. The Kier molecular flexibility index (Phi) is 4.09. The van der Waals surface area contributed by atoms with Crippen LogP contribution in [0, 0.1) is 12.7 Å². The fourth-order valence-electron chi connectivity index (χ4n) is 3.72. The first kappa shape index (κ1) is 16.0. The summed E-state index contributed by atoms with van der Waals surface area (Å²) in [6, 6.07) is 12.3. The van der Waals surface area contributed by atoms with Crippen molar-refractivity contribution in [3.05, 3.63) is 81.2 Å². The van der Waals surface area contributed by atoms with Gasteiger partial charge in [-0.1, -0.05) is 12.1 Å². The van der Waals surface area contributed by atoms with Crippen molar-refractivity contribution in [3.63, 3.8) is 0 Å². The number of nitrogens with one attached hydrogen (secondary N) is 1. The molecule has 1 aliphatic rings. The van der Waals surface area contributed by atoms with Crippen LogP contribution < -0.4 is 10.9 Å². The minimum Gasteiger partial charge on any atom is -0.311 e. The molecular weight excluding hydrogens is 317 g/mol. The number of benzene rings is 1. The lowest BCUT2D eigenvalue weighted by Gasteiger charge is -2.13. The Bertz CT molecular complexity index is 996. The topological polar surface area (TPSA) is 46.4 Å². The number of hydrogen-bond acceptors (Lipinski definition) is 3. The summed E-state index contributed by atoms with van der Waals surface area (Å²) < 4.78 is 14.9. The lowest BCUT2D eigenvalue weighted by molar-refractivity contribution is 0.573. The lowest BCUT2D eigenvalue weighted by atomic mass is 10.0. The molecule has 0 bridgehead atoms. The van der Waals surface area contributed by atoms with Gasteiger partial charge in [0.1, 0.15) is 11.5 Å². The number of pyridine rings is 1. The highest BCUT2D eigenvalue weighted by molar-refractivity contribution is 5.40. The van der Waals surface area contributed by atoms with Crippen molar-refractivity contribution in [2.45, 2.75) is 32.2 Å². The Balaban J connectivity index is 1.47. The average molecular weight is 337 g/mol. The van der Waals surface area contributed by atoms with Crippen molar-refractivity contribution in [2.75, 3.05) is 6.54 Å². The molecule has 0 spiro atoms. The van der Waals surface area contributed by atoms with Gasteiger partial charge in [-0.2, -0.15) is 0 Å². The molecule has 4 nitrogen and oxygen atoms in total. The van der Waals surface area contributed by atoms with Gasteiger partial charge in [0.25, 0.3) is 5.56 Å². The molecule has 0 radical (unpaired) electrons. The van der Waals surface area contributed by atoms with Crippen molar-refractivity contribution in [1.29, 1.82) is 0 Å². The van der Waals surface area contributed by atoms with Gasteiger partial charge in [-0.05, 0) is 61.1 Å². The summed E-state index contributed by atoms with van der Waals surface area (Å²) in [6.07, 6.45) is 1.95. The van der Waals surface area contributed by atoms with Crippen LogP contribution in [0.4, 0.5) is 4.39 Å². The van der Waals surface area contributed by atoms with E-state index < -0.39 is 0 Å². The molecule has 1 atom stereocenters. The average Bonchev–Trinajstić information content (AvgIpc) is 2.97. The van der Waals surface area contributed by atoms with Gasteiger partial charge in [0.2, 0.25) is 0 Å². The summed E-state index contributed by atoms with van der Waals surface area (Å²) in [7, 11) is 0. The summed E-state index contributed by atoms with van der Waals surface area (Å²) in [5.74, 6) is 0.225. The van der Waals surface area contributed by atoms with E-state index in [1.54, 1.807) is 16.5 Å². The van der Waals surface area contributed by atoms with E-state index in [9.17, 15) is 9.18 Å². The highest BCUT2D eigenvalue weighted by Crippen LogP contribution is 2.32. The third kappa shape index (κ3) is 3.07. The zero-order valence-electron chi connectivity index (χ0n) is 14.1. The number of aromatic nitrogens is 2. The van der Waals surface area contributed by atoms with Gasteiger partial charge in [0, 0.05) is 24.8 Å². The molecule has 4 rings (SSSR count). The van der Waals surface area contributed by atoms with E-state index in [4.69, 9.17) is 0 Å². The van der Waals surface area contributed by atoms with Crippen LogP contribution in [-0.4, -0.2) is 15.9 Å². The Morgan fingerprint density at radius 3 is 3.04 bits per heavy atom. The van der Waals surface area contributed by atoms with Gasteiger partial charge in [-0.3, -0.25) is 9.20 Å². The van der Waals surface area contributed by atoms with Gasteiger partial charge >= 0.3 is 0 Å². The molecule has 5 heteroatoms. The largest absolute Gasteiger partial charge is 0.311 e. The Hall–Kier alpha value is -2.53. The van der Waals surface area contributed by atoms with Crippen molar-refractivity contribution in [2.24, 2.45) is 0 Å². The first-order valence-electron chi connectivity index (χ1n) is 8.59. The first-order chi connectivity index (χ1) is 12.1. The third-order valence-corrected chi connectivity index (χ3v) is 4.94. The Morgan fingerprint density at radius 1 is 1.28 bits per heavy atom. The predicted molar refractivity (Wildman–Crippen MR) is 95.4 cm³/mol. The first-order valence-corrected chi connectivity index (χ1v) is 8.59. The number of nitrogens with zero attached hydrogens (tertiary/aromatic N) is 2. The molecule has 3 aromatic rings. The van der Waals surface area contributed by atoms with Crippen LogP contribution in [-0.2, 0) is 13.0 Å². The van der Waals surface area contributed by atoms with E-state index >= 15 is 0 Å². The normalized spacial score (nSPS) is 16.3. The molecule has 0 saturated carbocycles. The second-order valence-electron chi connectivity index (χ2n) is 6.66. The van der Waals surface area contributed by atoms with Crippen molar-refractivity contribution in [1.82, 2.24) is 14.7 Å². The second-order valence-corrected chi connectivity index (χ2v) is 6.66. The van der Waals surface area contributed by atoms with Crippen LogP contribution in [0.25, 0.3) is 5.65 Å². The molecule has 0 fully saturated rings. The number of fused-ring (bicyclic) bond motifs is 2. The maximum absolute atomic E-state index is 13.3. The number of rotatable bonds is 4. The van der Waals surface area contributed by atoms with Gasteiger partial charge < -0.3 is 5.32 Å². The quantitative estimate of drug-likeness (QED) is 0.796. The van der Waals surface area contributed by atoms with Crippen LogP contribution >= 0.6 is 0 Å². The van der Waals surface area contributed by atoms with Crippen molar-refractivity contribution in [3.8, 4) is 0 Å². The van der Waals surface area contributed by atoms with Crippen molar-refractivity contribution < 1.29 is 4.39 Å². The SMILES string of the molecule is Cc1cccc2nc(CNCC3CCc4cc(F)ccc43)cc(=O)n12. The molecule has 1 aliphatic carbocycles. The van der Waals surface area contributed by atoms with Crippen molar-refractivity contribution >= 4 is 5.65 Å². The molecule has 2 aromatic heterocycles. The number of halogens is 1. The summed E-state index contributed by atoms with van der Waals surface area (Å²) >= 11 is 0. The van der Waals surface area contributed by atoms with Crippen LogP contribution in [0.15, 0.2) is 47.3 Å². The van der Waals surface area contributed by atoms with Crippen LogP contribution in [0.1, 0.15) is 34.9 Å². The number of hydrogen-bond donors (Lipinski definition) is 1. The molecule has 0 amide bonds. The summed E-state index contributed by atoms with van der Waals surface area (Å²) in [5, 5.41) is 3.40. The standard InChI is InChI=1S/C20H20FN3O/c1-13-3-2-4-19-23-17(10-20(25)24(13)19)12-22-11-15-6-5-14-9-16(21)7-8-18(14)15/h2-4,7-10,15,22H,5-6,11-12H2,1H3. The monoisotopic (exact) mass is 337 g/mol. The molecule has 2 heterocycles. The molecule has 0 saturated heterocycles. The van der Waals surface area contributed by atoms with Crippen LogP contribution in [0.2, 0.25) is 0 Å². The predicted octanol–water partition coefficient (Wildman–Crippen LogP) is 2.96. The van der Waals surface area contributed by atoms with Gasteiger partial charge in [-0.15, -0.1) is 0 Å². The zero-order valence-corrected chi connectivity index (χ0v) is 14.1. The lowest BCUT2D eigenvalue weighted by Crippen LogP contribution is -2.23. The fraction of sp³-hybridized carbons (Fsp3) is 0.300. The van der Waals surface area contributed by atoms with Crippen LogP contribution in [0.5, 0.6) is 0 Å². The van der Waals surface area contributed by atoms with Gasteiger partial charge in [0.15, 0.2) is 0 Å². The molecular formula is C20H20FN3O. The maximum atomic E-state index is 13.3. The van der Waals surface area contributed by atoms with E-state index in [-0.39, 0.29) is 11.4 Å². The smallest absolute Gasteiger partial charge is 0.258 e. The maximum Gasteiger partial charge on any atom is 0.258 e. The van der Waals surface area contributed by atoms with E-state index in [1.165, 1.54) is 11.6 Å². The minimum atomic E-state index is -0.163. The molecule has 1 unspecified atom stereocenters. The van der Waals surface area contributed by atoms with Crippen LogP contribution in [0.3, 0.4) is 0 Å². The summed E-state index contributed by atoms with van der Waals surface area (Å²) in [5.41, 5.74) is 4.59. The number of aryl methyl sites for hydroxylation is 2. The molecule has 0 aliphatic heterocycles. The molecule has 1 aromatic carbocycles. The highest BCUT2D eigenvalue weighted by atomic mass is 19.1. The fourth-order valence-corrected chi connectivity index (χ4v) is 3.72. The summed E-state index contributed by atoms with van der Waals surface area (Å²) in [4.78, 5) is 16.9. The Labute approximate surface area is 145 Å². The molecule has 1 N–H and O–H groups in total.